The number of amides is 1. The van der Waals surface area contributed by atoms with Crippen molar-refractivity contribution in [2.24, 2.45) is 11.8 Å². The molecule has 0 aromatic heterocycles. The summed E-state index contributed by atoms with van der Waals surface area (Å²) in [5.74, 6) is -0.571. The molecular formula is C24H41N3O6. The summed E-state index contributed by atoms with van der Waals surface area (Å²) in [6.07, 6.45) is 3.02. The average Bonchev–Trinajstić information content (AvgIpc) is 3.21. The lowest BCUT2D eigenvalue weighted by Gasteiger charge is -2.39. The Morgan fingerprint density at radius 1 is 1.12 bits per heavy atom. The normalized spacial score (nSPS) is 28.7. The van der Waals surface area contributed by atoms with E-state index in [0.29, 0.717) is 12.6 Å². The lowest BCUT2D eigenvalue weighted by Crippen LogP contribution is -2.53. The number of likely N-dealkylation sites (tertiary alicyclic amines) is 2. The van der Waals surface area contributed by atoms with Crippen molar-refractivity contribution < 1.29 is 29.0 Å². The molecule has 1 amide bonds. The molecule has 3 fully saturated rings. The number of ketones is 3. The first-order chi connectivity index (χ1) is 15.4. The molecule has 0 aliphatic carbocycles. The Kier molecular flexibility index (Phi) is 10.00. The molecule has 0 spiro atoms. The predicted octanol–water partition coefficient (Wildman–Crippen LogP) is 1.41. The predicted molar refractivity (Wildman–Crippen MR) is 124 cm³/mol. The van der Waals surface area contributed by atoms with Crippen LogP contribution in [0.2, 0.25) is 0 Å². The number of aliphatic hydroxyl groups excluding tert-OH is 1. The van der Waals surface area contributed by atoms with Gasteiger partial charge in [0.25, 0.3) is 0 Å². The van der Waals surface area contributed by atoms with Crippen molar-refractivity contribution in [3.63, 3.8) is 0 Å². The third kappa shape index (κ3) is 7.86. The molecule has 3 rings (SSSR count). The minimum Gasteiger partial charge on any atom is -0.444 e. The first-order valence-electron chi connectivity index (χ1n) is 12.0. The topological polar surface area (TPSA) is 116 Å². The summed E-state index contributed by atoms with van der Waals surface area (Å²) in [6.45, 7) is 11.9. The maximum absolute atomic E-state index is 11.8. The van der Waals surface area contributed by atoms with Crippen LogP contribution in [0, 0.1) is 11.8 Å². The van der Waals surface area contributed by atoms with Crippen molar-refractivity contribution in [3.8, 4) is 0 Å². The van der Waals surface area contributed by atoms with Crippen LogP contribution in [0.1, 0.15) is 60.3 Å². The molecule has 0 radical (unpaired) electrons. The first-order valence-corrected chi connectivity index (χ1v) is 12.0. The van der Waals surface area contributed by atoms with Gasteiger partial charge < -0.3 is 20.1 Å². The summed E-state index contributed by atoms with van der Waals surface area (Å²) >= 11 is 0. The Morgan fingerprint density at radius 3 is 2.39 bits per heavy atom. The van der Waals surface area contributed by atoms with Gasteiger partial charge in [0, 0.05) is 44.1 Å². The molecular weight excluding hydrogens is 426 g/mol. The van der Waals surface area contributed by atoms with Gasteiger partial charge in [0.2, 0.25) is 0 Å². The summed E-state index contributed by atoms with van der Waals surface area (Å²) in [5.41, 5.74) is -0.565. The van der Waals surface area contributed by atoms with Crippen LogP contribution < -0.4 is 5.32 Å². The lowest BCUT2D eigenvalue weighted by atomic mass is 9.88. The summed E-state index contributed by atoms with van der Waals surface area (Å²) in [4.78, 5) is 50.0. The summed E-state index contributed by atoms with van der Waals surface area (Å²) in [5, 5.41) is 12.6. The fraction of sp³-hybridized carbons (Fsp3) is 0.833. The van der Waals surface area contributed by atoms with Gasteiger partial charge in [-0.15, -0.1) is 0 Å². The molecule has 3 saturated heterocycles. The minimum atomic E-state index is -0.684. The number of rotatable bonds is 4. The SMILES string of the molecule is CC(=O)C1CN(C(=O)OC(C)(C)C)CCC1=O.CC(=O)C1CNCCC1N1CCC[C@H]1CO. The lowest BCUT2D eigenvalue weighted by molar-refractivity contribution is -0.134. The molecule has 0 saturated carbocycles. The second-order valence-electron chi connectivity index (χ2n) is 10.3. The van der Waals surface area contributed by atoms with E-state index in [1.54, 1.807) is 27.7 Å². The molecule has 2 N–H and O–H groups in total. The minimum absolute atomic E-state index is 0.0858. The molecule has 3 unspecified atom stereocenters. The first kappa shape index (κ1) is 27.4. The Bertz CT molecular complexity index is 719. The van der Waals surface area contributed by atoms with Crippen molar-refractivity contribution in [1.29, 1.82) is 0 Å². The van der Waals surface area contributed by atoms with Gasteiger partial charge in [-0.2, -0.15) is 0 Å². The molecule has 0 bridgehead atoms. The van der Waals surface area contributed by atoms with Crippen LogP contribution in [0.4, 0.5) is 4.79 Å². The second-order valence-corrected chi connectivity index (χ2v) is 10.3. The van der Waals surface area contributed by atoms with E-state index >= 15 is 0 Å². The molecule has 0 aromatic rings. The van der Waals surface area contributed by atoms with Crippen molar-refractivity contribution in [2.45, 2.75) is 78.0 Å². The van der Waals surface area contributed by atoms with E-state index in [1.807, 2.05) is 0 Å². The molecule has 9 nitrogen and oxygen atoms in total. The van der Waals surface area contributed by atoms with Crippen molar-refractivity contribution in [2.75, 3.05) is 39.3 Å². The number of Topliss-reactive ketones (excluding diaryl/α,β-unsaturated/α-hetero) is 3. The third-order valence-corrected chi connectivity index (χ3v) is 6.59. The van der Waals surface area contributed by atoms with E-state index in [9.17, 15) is 24.3 Å². The maximum atomic E-state index is 11.8. The molecule has 33 heavy (non-hydrogen) atoms. The van der Waals surface area contributed by atoms with Crippen molar-refractivity contribution in [1.82, 2.24) is 15.1 Å². The van der Waals surface area contributed by atoms with E-state index in [4.69, 9.17) is 4.74 Å². The number of piperidine rings is 2. The van der Waals surface area contributed by atoms with Gasteiger partial charge in [-0.05, 0) is 67.0 Å². The molecule has 188 valence electrons. The highest BCUT2D eigenvalue weighted by Crippen LogP contribution is 2.27. The van der Waals surface area contributed by atoms with E-state index < -0.39 is 17.6 Å². The van der Waals surface area contributed by atoms with Crippen LogP contribution in [0.5, 0.6) is 0 Å². The number of nitrogens with one attached hydrogen (secondary N) is 1. The van der Waals surface area contributed by atoms with E-state index in [1.165, 1.54) is 11.8 Å². The monoisotopic (exact) mass is 467 g/mol. The molecule has 0 aromatic carbocycles. The molecule has 4 atom stereocenters. The van der Waals surface area contributed by atoms with E-state index in [-0.39, 0.29) is 48.9 Å². The zero-order valence-electron chi connectivity index (χ0n) is 20.8. The number of hydrogen-bond donors (Lipinski definition) is 2. The molecule has 3 aliphatic heterocycles. The van der Waals surface area contributed by atoms with Gasteiger partial charge in [0.05, 0.1) is 12.5 Å². The van der Waals surface area contributed by atoms with Gasteiger partial charge in [-0.1, -0.05) is 0 Å². The Balaban J connectivity index is 0.000000234. The summed E-state index contributed by atoms with van der Waals surface area (Å²) in [6, 6.07) is 0.628. The number of nitrogens with zero attached hydrogens (tertiary/aromatic N) is 2. The highest BCUT2D eigenvalue weighted by Gasteiger charge is 2.38. The quantitative estimate of drug-likeness (QED) is 0.596. The average molecular weight is 468 g/mol. The second kappa shape index (κ2) is 12.0. The van der Waals surface area contributed by atoms with Gasteiger partial charge in [0.15, 0.2) is 0 Å². The number of aliphatic hydroxyl groups is 1. The van der Waals surface area contributed by atoms with Gasteiger partial charge in [0.1, 0.15) is 23.0 Å². The largest absolute Gasteiger partial charge is 0.444 e. The number of hydrogen-bond acceptors (Lipinski definition) is 8. The van der Waals surface area contributed by atoms with Crippen LogP contribution in [-0.4, -0.2) is 95.4 Å². The molecule has 9 heteroatoms. The van der Waals surface area contributed by atoms with E-state index in [2.05, 4.69) is 10.2 Å². The summed E-state index contributed by atoms with van der Waals surface area (Å²) < 4.78 is 5.20. The highest BCUT2D eigenvalue weighted by molar-refractivity contribution is 6.02. The fourth-order valence-electron chi connectivity index (χ4n) is 4.83. The van der Waals surface area contributed by atoms with Crippen molar-refractivity contribution >= 4 is 23.4 Å². The zero-order valence-corrected chi connectivity index (χ0v) is 20.8. The Labute approximate surface area is 197 Å². The van der Waals surface area contributed by atoms with Crippen LogP contribution in [0.3, 0.4) is 0 Å². The van der Waals surface area contributed by atoms with Gasteiger partial charge in [-0.3, -0.25) is 19.3 Å². The van der Waals surface area contributed by atoms with Crippen LogP contribution >= 0.6 is 0 Å². The fourth-order valence-corrected chi connectivity index (χ4v) is 4.83. The smallest absolute Gasteiger partial charge is 0.410 e. The van der Waals surface area contributed by atoms with Crippen LogP contribution in [0.15, 0.2) is 0 Å². The van der Waals surface area contributed by atoms with Gasteiger partial charge in [-0.25, -0.2) is 4.79 Å². The molecule has 3 aliphatic rings. The Hall–Kier alpha value is -1.84. The van der Waals surface area contributed by atoms with Crippen molar-refractivity contribution in [3.05, 3.63) is 0 Å². The number of ether oxygens (including phenoxy) is 1. The van der Waals surface area contributed by atoms with Crippen LogP contribution in [-0.2, 0) is 19.1 Å². The van der Waals surface area contributed by atoms with E-state index in [0.717, 1.165) is 38.9 Å². The Morgan fingerprint density at radius 2 is 1.82 bits per heavy atom. The highest BCUT2D eigenvalue weighted by atomic mass is 16.6. The zero-order chi connectivity index (χ0) is 24.8. The standard InChI is InChI=1S/C12H22N2O2.C12H19NO4/c1-9(16)11-7-13-5-4-12(11)14-6-2-3-10(14)8-15;1-8(14)9-7-13(6-5-10(9)15)11(16)17-12(2,3)4/h10-13,15H,2-8H2,1H3;9H,5-7H2,1-4H3/t10-,11?,12?;/m0./s1. The number of carbonyl (C=O) groups excluding carboxylic acids is 4. The van der Waals surface area contributed by atoms with Gasteiger partial charge >= 0.3 is 6.09 Å². The van der Waals surface area contributed by atoms with Crippen LogP contribution in [0.25, 0.3) is 0 Å². The third-order valence-electron chi connectivity index (χ3n) is 6.59. The molecule has 3 heterocycles. The number of carbonyl (C=O) groups is 4. The summed E-state index contributed by atoms with van der Waals surface area (Å²) in [7, 11) is 0. The maximum Gasteiger partial charge on any atom is 0.410 e.